The Morgan fingerprint density at radius 2 is 1.73 bits per heavy atom. The Hall–Kier alpha value is -4.73. The van der Waals surface area contributed by atoms with Crippen molar-refractivity contribution < 1.29 is 14.3 Å². The van der Waals surface area contributed by atoms with Gasteiger partial charge in [-0.15, -0.1) is 0 Å². The molecular weight excluding hydrogens is 564 g/mol. The molecule has 0 atom stereocenters. The van der Waals surface area contributed by atoms with Crippen LogP contribution in [0, 0.1) is 6.92 Å². The number of urea groups is 1. The van der Waals surface area contributed by atoms with Crippen LogP contribution in [0.15, 0.2) is 85.1 Å². The number of hydrogen-bond donors (Lipinski definition) is 2. The first-order chi connectivity index (χ1) is 21.7. The average molecular weight is 605 g/mol. The summed E-state index contributed by atoms with van der Waals surface area (Å²) < 4.78 is 13.3. The lowest BCUT2D eigenvalue weighted by molar-refractivity contribution is 0.0322. The standard InChI is InChI=1S/C36H40N6O3/c1-25-12-13-27(24-37-25)42-34(23-33(40-42)36(2,3)4)39-35(43)38-32-15-14-29(30-10-5-6-11-31(30)32)26-8-7-9-28(22-26)45-21-18-41-16-19-44-20-17-41/h5-15,22-24H,16-21H2,1-4H3,(H2,38,39,43). The molecule has 9 heteroatoms. The summed E-state index contributed by atoms with van der Waals surface area (Å²) in [7, 11) is 0. The first kappa shape index (κ1) is 30.3. The zero-order valence-corrected chi connectivity index (χ0v) is 26.3. The van der Waals surface area contributed by atoms with Gasteiger partial charge in [0.2, 0.25) is 0 Å². The van der Waals surface area contributed by atoms with E-state index >= 15 is 0 Å². The highest BCUT2D eigenvalue weighted by Gasteiger charge is 2.22. The Labute approximate surface area is 264 Å². The molecule has 9 nitrogen and oxygen atoms in total. The number of rotatable bonds is 8. The van der Waals surface area contributed by atoms with E-state index in [1.54, 1.807) is 10.9 Å². The summed E-state index contributed by atoms with van der Waals surface area (Å²) in [6.45, 7) is 13.2. The number of morpholine rings is 1. The van der Waals surface area contributed by atoms with E-state index in [-0.39, 0.29) is 11.4 Å². The van der Waals surface area contributed by atoms with Gasteiger partial charge in [-0.3, -0.25) is 15.2 Å². The number of anilines is 2. The van der Waals surface area contributed by atoms with Crippen LogP contribution in [-0.2, 0) is 10.2 Å². The highest BCUT2D eigenvalue weighted by atomic mass is 16.5. The highest BCUT2D eigenvalue weighted by molar-refractivity contribution is 6.09. The molecule has 1 aliphatic rings. The van der Waals surface area contributed by atoms with E-state index in [1.165, 1.54) is 0 Å². The topological polar surface area (TPSA) is 93.5 Å². The number of fused-ring (bicyclic) bond motifs is 1. The molecule has 45 heavy (non-hydrogen) atoms. The Morgan fingerprint density at radius 3 is 2.49 bits per heavy atom. The zero-order valence-electron chi connectivity index (χ0n) is 26.3. The maximum Gasteiger partial charge on any atom is 0.324 e. The lowest BCUT2D eigenvalue weighted by Crippen LogP contribution is -2.38. The van der Waals surface area contributed by atoms with Crippen molar-refractivity contribution in [2.24, 2.45) is 0 Å². The van der Waals surface area contributed by atoms with Gasteiger partial charge in [0.15, 0.2) is 0 Å². The predicted octanol–water partition coefficient (Wildman–Crippen LogP) is 7.05. The number of hydrogen-bond acceptors (Lipinski definition) is 6. The predicted molar refractivity (Wildman–Crippen MR) is 180 cm³/mol. The van der Waals surface area contributed by atoms with Gasteiger partial charge < -0.3 is 14.8 Å². The van der Waals surface area contributed by atoms with Crippen LogP contribution in [0.5, 0.6) is 5.75 Å². The first-order valence-electron chi connectivity index (χ1n) is 15.4. The quantitative estimate of drug-likeness (QED) is 0.197. The molecule has 3 heterocycles. The van der Waals surface area contributed by atoms with Crippen molar-refractivity contribution in [1.29, 1.82) is 0 Å². The molecular formula is C36H40N6O3. The normalized spacial score (nSPS) is 14.0. The summed E-state index contributed by atoms with van der Waals surface area (Å²) in [6, 6.07) is 25.7. The van der Waals surface area contributed by atoms with Crippen LogP contribution in [0.1, 0.15) is 32.2 Å². The summed E-state index contributed by atoms with van der Waals surface area (Å²) in [5.41, 5.74) is 5.17. The van der Waals surface area contributed by atoms with Crippen LogP contribution in [0.25, 0.3) is 27.6 Å². The Bertz CT molecular complexity index is 1790. The second kappa shape index (κ2) is 13.1. The zero-order chi connectivity index (χ0) is 31.4. The van der Waals surface area contributed by atoms with Gasteiger partial charge in [0.1, 0.15) is 18.2 Å². The minimum atomic E-state index is -0.356. The third-order valence-corrected chi connectivity index (χ3v) is 7.96. The fourth-order valence-corrected chi connectivity index (χ4v) is 5.42. The molecule has 0 unspecified atom stereocenters. The number of pyridine rings is 1. The lowest BCUT2D eigenvalue weighted by Gasteiger charge is -2.26. The molecule has 6 rings (SSSR count). The molecule has 2 amide bonds. The van der Waals surface area contributed by atoms with Gasteiger partial charge in [0.05, 0.1) is 36.5 Å². The summed E-state index contributed by atoms with van der Waals surface area (Å²) in [6.07, 6.45) is 1.76. The molecule has 2 aromatic heterocycles. The number of benzene rings is 3. The van der Waals surface area contributed by atoms with Gasteiger partial charge >= 0.3 is 6.03 Å². The van der Waals surface area contributed by atoms with Gasteiger partial charge in [-0.05, 0) is 53.8 Å². The van der Waals surface area contributed by atoms with Gasteiger partial charge in [0.25, 0.3) is 0 Å². The Morgan fingerprint density at radius 1 is 0.933 bits per heavy atom. The van der Waals surface area contributed by atoms with Crippen molar-refractivity contribution in [1.82, 2.24) is 19.7 Å². The van der Waals surface area contributed by atoms with E-state index in [2.05, 4.69) is 59.5 Å². The molecule has 1 fully saturated rings. The number of aromatic nitrogens is 3. The van der Waals surface area contributed by atoms with Crippen LogP contribution < -0.4 is 15.4 Å². The molecule has 0 radical (unpaired) electrons. The van der Waals surface area contributed by atoms with E-state index in [1.807, 2.05) is 67.6 Å². The molecule has 5 aromatic rings. The number of carbonyl (C=O) groups is 1. The van der Waals surface area contributed by atoms with E-state index in [0.717, 1.165) is 77.6 Å². The molecule has 232 valence electrons. The van der Waals surface area contributed by atoms with Gasteiger partial charge in [-0.1, -0.05) is 63.2 Å². The minimum absolute atomic E-state index is 0.201. The van der Waals surface area contributed by atoms with Gasteiger partial charge in [0, 0.05) is 42.2 Å². The summed E-state index contributed by atoms with van der Waals surface area (Å²) in [5, 5.41) is 12.9. The summed E-state index contributed by atoms with van der Waals surface area (Å²) in [5.74, 6) is 1.40. The third-order valence-electron chi connectivity index (χ3n) is 7.96. The van der Waals surface area contributed by atoms with Crippen LogP contribution in [0.4, 0.5) is 16.3 Å². The molecule has 3 aromatic carbocycles. The largest absolute Gasteiger partial charge is 0.492 e. The summed E-state index contributed by atoms with van der Waals surface area (Å²) in [4.78, 5) is 20.2. The average Bonchev–Trinajstić information content (AvgIpc) is 3.46. The van der Waals surface area contributed by atoms with Crippen molar-refractivity contribution in [3.8, 4) is 22.6 Å². The van der Waals surface area contributed by atoms with Crippen molar-refractivity contribution >= 4 is 28.3 Å². The number of nitrogens with one attached hydrogen (secondary N) is 2. The summed E-state index contributed by atoms with van der Waals surface area (Å²) >= 11 is 0. The number of ether oxygens (including phenoxy) is 2. The monoisotopic (exact) mass is 604 g/mol. The molecule has 0 aliphatic carbocycles. The van der Waals surface area contributed by atoms with Crippen LogP contribution in [-0.4, -0.2) is 65.2 Å². The Kier molecular flexibility index (Phi) is 8.82. The molecule has 0 saturated carbocycles. The van der Waals surface area contributed by atoms with Crippen LogP contribution >= 0.6 is 0 Å². The molecule has 1 saturated heterocycles. The van der Waals surface area contributed by atoms with Gasteiger partial charge in [-0.25, -0.2) is 9.48 Å². The minimum Gasteiger partial charge on any atom is -0.492 e. The van der Waals surface area contributed by atoms with Gasteiger partial charge in [-0.2, -0.15) is 5.10 Å². The SMILES string of the molecule is Cc1ccc(-n2nc(C(C)(C)C)cc2NC(=O)Nc2ccc(-c3cccc(OCCN4CCOCC4)c3)c3ccccc23)cn1. The van der Waals surface area contributed by atoms with Crippen molar-refractivity contribution in [3.05, 3.63) is 96.4 Å². The van der Waals surface area contributed by atoms with Crippen molar-refractivity contribution in [2.75, 3.05) is 50.1 Å². The molecule has 2 N–H and O–H groups in total. The van der Waals surface area contributed by atoms with Crippen LogP contribution in [0.3, 0.4) is 0 Å². The lowest BCUT2D eigenvalue weighted by atomic mass is 9.92. The number of carbonyl (C=O) groups excluding carboxylic acids is 1. The van der Waals surface area contributed by atoms with Crippen LogP contribution in [0.2, 0.25) is 0 Å². The number of aryl methyl sites for hydroxylation is 1. The van der Waals surface area contributed by atoms with Crippen molar-refractivity contribution in [2.45, 2.75) is 33.1 Å². The first-order valence-corrected chi connectivity index (χ1v) is 15.4. The maximum atomic E-state index is 13.4. The van der Waals surface area contributed by atoms with E-state index < -0.39 is 0 Å². The smallest absolute Gasteiger partial charge is 0.324 e. The fraction of sp³-hybridized carbons (Fsp3) is 0.306. The van der Waals surface area contributed by atoms with E-state index in [4.69, 9.17) is 14.6 Å². The van der Waals surface area contributed by atoms with E-state index in [9.17, 15) is 4.79 Å². The third kappa shape index (κ3) is 7.16. The Balaban J connectivity index is 1.21. The van der Waals surface area contributed by atoms with E-state index in [0.29, 0.717) is 18.1 Å². The molecule has 0 bridgehead atoms. The number of amides is 2. The second-order valence-electron chi connectivity index (χ2n) is 12.4. The molecule has 1 aliphatic heterocycles. The number of nitrogens with zero attached hydrogens (tertiary/aromatic N) is 4. The molecule has 0 spiro atoms. The fourth-order valence-electron chi connectivity index (χ4n) is 5.42. The maximum absolute atomic E-state index is 13.4. The van der Waals surface area contributed by atoms with Crippen molar-refractivity contribution in [3.63, 3.8) is 0 Å². The highest BCUT2D eigenvalue weighted by Crippen LogP contribution is 2.35. The second-order valence-corrected chi connectivity index (χ2v) is 12.4.